The number of carboxylic acids is 1. The Labute approximate surface area is 197 Å². The Balaban J connectivity index is 1.80. The van der Waals surface area contributed by atoms with Gasteiger partial charge in [-0.2, -0.15) is 0 Å². The average molecular weight is 446 g/mol. The maximum atomic E-state index is 12.5. The molecular weight excluding hydrogens is 410 g/mol. The summed E-state index contributed by atoms with van der Waals surface area (Å²) in [6.45, 7) is 5.90. The van der Waals surface area contributed by atoms with Crippen molar-refractivity contribution in [2.24, 2.45) is 5.73 Å². The number of unbranched alkanes of at least 4 members (excludes halogenated alkanes) is 2. The predicted molar refractivity (Wildman–Crippen MR) is 134 cm³/mol. The van der Waals surface area contributed by atoms with Crippen molar-refractivity contribution in [3.05, 3.63) is 101 Å². The molecule has 0 saturated carbocycles. The van der Waals surface area contributed by atoms with Crippen molar-refractivity contribution in [3.8, 4) is 5.75 Å². The largest absolute Gasteiger partial charge is 0.478 e. The molecule has 0 bridgehead atoms. The molecule has 3 aromatic carbocycles. The van der Waals surface area contributed by atoms with Crippen LogP contribution >= 0.6 is 0 Å². The monoisotopic (exact) mass is 445 g/mol. The Kier molecular flexibility index (Phi) is 8.29. The van der Waals surface area contributed by atoms with Crippen molar-refractivity contribution in [2.75, 3.05) is 0 Å². The predicted octanol–water partition coefficient (Wildman–Crippen LogP) is 6.10. The van der Waals surface area contributed by atoms with Crippen LogP contribution in [0, 0.1) is 20.8 Å². The summed E-state index contributed by atoms with van der Waals surface area (Å²) in [6, 6.07) is 23.9. The molecular formula is C29H35NO3. The highest BCUT2D eigenvalue weighted by atomic mass is 16.5. The van der Waals surface area contributed by atoms with E-state index in [1.54, 1.807) is 0 Å². The molecule has 4 heteroatoms. The van der Waals surface area contributed by atoms with Crippen LogP contribution in [-0.4, -0.2) is 17.2 Å². The van der Waals surface area contributed by atoms with Gasteiger partial charge in [-0.3, -0.25) is 0 Å². The third-order valence-electron chi connectivity index (χ3n) is 6.24. The van der Waals surface area contributed by atoms with Crippen LogP contribution < -0.4 is 10.5 Å². The van der Waals surface area contributed by atoms with Crippen molar-refractivity contribution in [2.45, 2.75) is 64.5 Å². The molecule has 0 amide bonds. The molecule has 4 nitrogen and oxygen atoms in total. The molecule has 3 aromatic rings. The quantitative estimate of drug-likeness (QED) is 0.350. The fourth-order valence-corrected chi connectivity index (χ4v) is 4.59. The zero-order valence-corrected chi connectivity index (χ0v) is 19.9. The Bertz CT molecular complexity index is 1030. The minimum absolute atomic E-state index is 0.521. The van der Waals surface area contributed by atoms with Gasteiger partial charge < -0.3 is 15.6 Å². The van der Waals surface area contributed by atoms with Gasteiger partial charge in [0.15, 0.2) is 0 Å². The van der Waals surface area contributed by atoms with Crippen LogP contribution in [0.3, 0.4) is 0 Å². The number of aliphatic carboxylic acids is 1. The third-order valence-corrected chi connectivity index (χ3v) is 6.24. The number of carbonyl (C=O) groups is 1. The van der Waals surface area contributed by atoms with E-state index < -0.39 is 17.6 Å². The van der Waals surface area contributed by atoms with E-state index in [1.165, 1.54) is 5.56 Å². The maximum Gasteiger partial charge on any atom is 0.347 e. The summed E-state index contributed by atoms with van der Waals surface area (Å²) in [5.74, 6) is -0.451. The third kappa shape index (κ3) is 6.23. The number of nitrogens with two attached hydrogens (primary N) is 1. The van der Waals surface area contributed by atoms with Crippen molar-refractivity contribution in [1.29, 1.82) is 0 Å². The minimum Gasteiger partial charge on any atom is -0.478 e. The van der Waals surface area contributed by atoms with Crippen LogP contribution in [-0.2, 0) is 16.8 Å². The van der Waals surface area contributed by atoms with E-state index in [2.05, 4.69) is 24.3 Å². The number of carboxylic acid groups (broad SMARTS) is 1. The van der Waals surface area contributed by atoms with Crippen molar-refractivity contribution in [3.63, 3.8) is 0 Å². The summed E-state index contributed by atoms with van der Waals surface area (Å²) in [5, 5.41) is 10.2. The molecule has 0 radical (unpaired) electrons. The van der Waals surface area contributed by atoms with Gasteiger partial charge in [0.1, 0.15) is 5.75 Å². The van der Waals surface area contributed by atoms with Crippen LogP contribution in [0.15, 0.2) is 72.8 Å². The average Bonchev–Trinajstić information content (AvgIpc) is 2.79. The minimum atomic E-state index is -1.20. The summed E-state index contributed by atoms with van der Waals surface area (Å²) in [5.41, 5.74) is 10.8. The van der Waals surface area contributed by atoms with Crippen molar-refractivity contribution in [1.82, 2.24) is 0 Å². The Hall–Kier alpha value is -3.11. The molecule has 3 N–H and O–H groups in total. The highest BCUT2D eigenvalue weighted by Crippen LogP contribution is 2.34. The lowest BCUT2D eigenvalue weighted by atomic mass is 9.80. The normalized spacial score (nSPS) is 13.8. The number of benzene rings is 3. The van der Waals surface area contributed by atoms with Gasteiger partial charge in [0.2, 0.25) is 6.10 Å². The molecule has 0 aromatic heterocycles. The number of ether oxygens (including phenoxy) is 1. The van der Waals surface area contributed by atoms with Crippen LogP contribution in [0.25, 0.3) is 0 Å². The Morgan fingerprint density at radius 3 is 2.06 bits per heavy atom. The highest BCUT2D eigenvalue weighted by Gasteiger charge is 2.43. The van der Waals surface area contributed by atoms with E-state index >= 15 is 0 Å². The molecule has 3 rings (SSSR count). The molecule has 0 aliphatic carbocycles. The fraction of sp³-hybridized carbons (Fsp3) is 0.345. The molecule has 33 heavy (non-hydrogen) atoms. The SMILES string of the molecule is Cc1cc(C)c(OC(C(=O)O)C(N)(CCCCCc2ccccc2)c2ccccc2)c(C)c1. The fourth-order valence-electron chi connectivity index (χ4n) is 4.59. The number of aryl methyl sites for hydroxylation is 4. The van der Waals surface area contributed by atoms with Crippen molar-refractivity contribution >= 4 is 5.97 Å². The van der Waals surface area contributed by atoms with Gasteiger partial charge in [0.05, 0.1) is 5.54 Å². The molecule has 0 aliphatic heterocycles. The summed E-state index contributed by atoms with van der Waals surface area (Å²) < 4.78 is 6.21. The number of rotatable bonds is 11. The second-order valence-corrected chi connectivity index (χ2v) is 9.02. The van der Waals surface area contributed by atoms with E-state index in [-0.39, 0.29) is 0 Å². The van der Waals surface area contributed by atoms with E-state index in [1.807, 2.05) is 69.3 Å². The van der Waals surface area contributed by atoms with E-state index in [0.717, 1.165) is 47.9 Å². The zero-order valence-electron chi connectivity index (χ0n) is 19.9. The van der Waals surface area contributed by atoms with Gasteiger partial charge in [-0.25, -0.2) is 4.79 Å². The van der Waals surface area contributed by atoms with Crippen molar-refractivity contribution < 1.29 is 14.6 Å². The van der Waals surface area contributed by atoms with Crippen LogP contribution in [0.4, 0.5) is 0 Å². The van der Waals surface area contributed by atoms with E-state index in [0.29, 0.717) is 12.2 Å². The van der Waals surface area contributed by atoms with Gasteiger partial charge in [-0.05, 0) is 62.3 Å². The lowest BCUT2D eigenvalue weighted by Crippen LogP contribution is -2.54. The van der Waals surface area contributed by atoms with Gasteiger partial charge in [0.25, 0.3) is 0 Å². The van der Waals surface area contributed by atoms with Gasteiger partial charge >= 0.3 is 5.97 Å². The first-order valence-corrected chi connectivity index (χ1v) is 11.7. The van der Waals surface area contributed by atoms with E-state index in [9.17, 15) is 9.90 Å². The first-order valence-electron chi connectivity index (χ1n) is 11.7. The topological polar surface area (TPSA) is 72.5 Å². The maximum absolute atomic E-state index is 12.5. The lowest BCUT2D eigenvalue weighted by Gasteiger charge is -2.36. The molecule has 0 spiro atoms. The standard InChI is InChI=1S/C29H35NO3/c1-21-19-22(2)26(23(3)20-21)33-27(28(31)32)29(30,25-16-10-5-11-17-25)18-12-6-9-15-24-13-7-4-8-14-24/h4-5,7-8,10-11,13-14,16-17,19-20,27H,6,9,12,15,18,30H2,1-3H3,(H,31,32). The van der Waals surface area contributed by atoms with Crippen LogP contribution in [0.5, 0.6) is 5.75 Å². The summed E-state index contributed by atoms with van der Waals surface area (Å²) in [7, 11) is 0. The summed E-state index contributed by atoms with van der Waals surface area (Å²) in [6.07, 6.45) is 3.14. The van der Waals surface area contributed by atoms with Gasteiger partial charge in [-0.1, -0.05) is 91.2 Å². The second-order valence-electron chi connectivity index (χ2n) is 9.02. The van der Waals surface area contributed by atoms with Gasteiger partial charge in [0, 0.05) is 0 Å². The zero-order chi connectivity index (χ0) is 23.8. The first kappa shape index (κ1) is 24.5. The molecule has 0 heterocycles. The molecule has 174 valence electrons. The van der Waals surface area contributed by atoms with Crippen LogP contribution in [0.1, 0.15) is 53.5 Å². The Morgan fingerprint density at radius 1 is 0.909 bits per heavy atom. The molecule has 0 aliphatic rings. The van der Waals surface area contributed by atoms with Gasteiger partial charge in [-0.15, -0.1) is 0 Å². The summed E-state index contributed by atoms with van der Waals surface area (Å²) in [4.78, 5) is 12.5. The lowest BCUT2D eigenvalue weighted by molar-refractivity contribution is -0.149. The summed E-state index contributed by atoms with van der Waals surface area (Å²) >= 11 is 0. The van der Waals surface area contributed by atoms with E-state index in [4.69, 9.17) is 10.5 Å². The second kappa shape index (κ2) is 11.2. The molecule has 2 atom stereocenters. The first-order chi connectivity index (χ1) is 15.8. The molecule has 2 unspecified atom stereocenters. The highest BCUT2D eigenvalue weighted by molar-refractivity contribution is 5.75. The number of hydrogen-bond acceptors (Lipinski definition) is 3. The molecule has 0 fully saturated rings. The molecule has 0 saturated heterocycles. The smallest absolute Gasteiger partial charge is 0.347 e. The van der Waals surface area contributed by atoms with Crippen LogP contribution in [0.2, 0.25) is 0 Å². The Morgan fingerprint density at radius 2 is 1.48 bits per heavy atom. The number of hydrogen-bond donors (Lipinski definition) is 2.